The Morgan fingerprint density at radius 3 is 2.58 bits per heavy atom. The number of rotatable bonds is 5. The Morgan fingerprint density at radius 1 is 1.09 bits per heavy atom. The van der Waals surface area contributed by atoms with E-state index in [0.29, 0.717) is 5.56 Å². The normalized spacial score (nSPS) is 25.1. The summed E-state index contributed by atoms with van der Waals surface area (Å²) in [5.41, 5.74) is 0.541. The van der Waals surface area contributed by atoms with Crippen LogP contribution >= 0.6 is 0 Å². The van der Waals surface area contributed by atoms with Gasteiger partial charge in [0.15, 0.2) is 17.7 Å². The van der Waals surface area contributed by atoms with Crippen LogP contribution < -0.4 is 5.32 Å². The Labute approximate surface area is 185 Å². The SMILES string of the molecule is O=C(Nc1ccc(F)c(F)c1)[C@@H]1OC(CO)[C@H](O)[C@H](n2cc(-c3cccc(F)c3)nn2)C1O. The minimum atomic E-state index is -1.67. The molecule has 0 spiro atoms. The van der Waals surface area contributed by atoms with E-state index in [0.717, 1.165) is 22.9 Å². The number of carbonyl (C=O) groups excluding carboxylic acids is 1. The number of aromatic nitrogens is 3. The van der Waals surface area contributed by atoms with E-state index < -0.39 is 60.4 Å². The van der Waals surface area contributed by atoms with Crippen molar-refractivity contribution in [3.63, 3.8) is 0 Å². The van der Waals surface area contributed by atoms with Gasteiger partial charge in [-0.25, -0.2) is 17.9 Å². The summed E-state index contributed by atoms with van der Waals surface area (Å²) < 4.78 is 46.6. The van der Waals surface area contributed by atoms with Gasteiger partial charge in [-0.05, 0) is 24.3 Å². The number of halogens is 3. The van der Waals surface area contributed by atoms with Crippen molar-refractivity contribution < 1.29 is 38.0 Å². The van der Waals surface area contributed by atoms with Crippen molar-refractivity contribution in [1.29, 1.82) is 0 Å². The Bertz CT molecular complexity index is 1160. The molecule has 2 heterocycles. The maximum atomic E-state index is 13.5. The second-order valence-corrected chi connectivity index (χ2v) is 7.46. The molecule has 12 heteroatoms. The van der Waals surface area contributed by atoms with Crippen LogP contribution in [0.25, 0.3) is 11.3 Å². The van der Waals surface area contributed by atoms with Gasteiger partial charge in [-0.15, -0.1) is 5.10 Å². The summed E-state index contributed by atoms with van der Waals surface area (Å²) in [6, 6.07) is 6.94. The molecule has 9 nitrogen and oxygen atoms in total. The van der Waals surface area contributed by atoms with Crippen molar-refractivity contribution >= 4 is 11.6 Å². The second kappa shape index (κ2) is 9.27. The van der Waals surface area contributed by atoms with Crippen LogP contribution in [0.1, 0.15) is 6.04 Å². The lowest BCUT2D eigenvalue weighted by Crippen LogP contribution is -2.59. The number of nitrogens with one attached hydrogen (secondary N) is 1. The van der Waals surface area contributed by atoms with E-state index >= 15 is 0 Å². The number of benzene rings is 2. The van der Waals surface area contributed by atoms with Gasteiger partial charge in [-0.1, -0.05) is 17.3 Å². The molecular formula is C21H19F3N4O5. The predicted octanol–water partition coefficient (Wildman–Crippen LogP) is 1.02. The van der Waals surface area contributed by atoms with Gasteiger partial charge in [0.1, 0.15) is 35.9 Å². The standard InChI is InChI=1S/C21H19F3N4O5/c22-11-3-1-2-10(6-11)15-8-28(27-26-15)17-18(30)16(9-29)33-20(19(17)31)21(32)25-12-4-5-13(23)14(24)7-12/h1-8,16-20,29-31H,9H2,(H,25,32)/t16?,17-,18-,19?,20+/m0/s1. The molecular weight excluding hydrogens is 445 g/mol. The first-order valence-corrected chi connectivity index (χ1v) is 9.84. The van der Waals surface area contributed by atoms with E-state index in [9.17, 15) is 33.3 Å². The van der Waals surface area contributed by atoms with Gasteiger partial charge in [-0.2, -0.15) is 0 Å². The number of amides is 1. The highest BCUT2D eigenvalue weighted by Gasteiger charge is 2.48. The van der Waals surface area contributed by atoms with Crippen LogP contribution in [0.2, 0.25) is 0 Å². The Hall–Kier alpha value is -3.32. The molecule has 2 unspecified atom stereocenters. The largest absolute Gasteiger partial charge is 0.394 e. The first-order valence-electron chi connectivity index (χ1n) is 9.84. The van der Waals surface area contributed by atoms with Crippen molar-refractivity contribution in [3.05, 3.63) is 66.1 Å². The molecule has 1 amide bonds. The molecule has 0 aliphatic carbocycles. The van der Waals surface area contributed by atoms with Crippen molar-refractivity contribution in [2.24, 2.45) is 0 Å². The molecule has 174 valence electrons. The lowest BCUT2D eigenvalue weighted by atomic mass is 9.92. The Morgan fingerprint density at radius 2 is 1.88 bits per heavy atom. The molecule has 33 heavy (non-hydrogen) atoms. The van der Waals surface area contributed by atoms with E-state index in [4.69, 9.17) is 4.74 Å². The summed E-state index contributed by atoms with van der Waals surface area (Å²) in [7, 11) is 0. The molecule has 1 saturated heterocycles. The van der Waals surface area contributed by atoms with Crippen LogP contribution in [0, 0.1) is 17.5 Å². The van der Waals surface area contributed by atoms with Gasteiger partial charge in [0.05, 0.1) is 12.8 Å². The Balaban J connectivity index is 1.60. The monoisotopic (exact) mass is 464 g/mol. The van der Waals surface area contributed by atoms with Gasteiger partial charge >= 0.3 is 0 Å². The quantitative estimate of drug-likeness (QED) is 0.444. The van der Waals surface area contributed by atoms with Gasteiger partial charge in [0.25, 0.3) is 5.91 Å². The molecule has 5 atom stereocenters. The highest BCUT2D eigenvalue weighted by atomic mass is 19.2. The highest BCUT2D eigenvalue weighted by Crippen LogP contribution is 2.31. The van der Waals surface area contributed by atoms with Crippen LogP contribution in [0.5, 0.6) is 0 Å². The van der Waals surface area contributed by atoms with Crippen molar-refractivity contribution in [3.8, 4) is 11.3 Å². The molecule has 1 fully saturated rings. The molecule has 0 saturated carbocycles. The van der Waals surface area contributed by atoms with E-state index in [1.54, 1.807) is 6.07 Å². The predicted molar refractivity (Wildman–Crippen MR) is 107 cm³/mol. The van der Waals surface area contributed by atoms with Gasteiger partial charge in [-0.3, -0.25) is 4.79 Å². The number of nitrogens with zero attached hydrogens (tertiary/aromatic N) is 3. The molecule has 0 radical (unpaired) electrons. The number of hydrogen-bond acceptors (Lipinski definition) is 7. The zero-order valence-corrected chi connectivity index (χ0v) is 16.8. The van der Waals surface area contributed by atoms with Crippen molar-refractivity contribution in [2.45, 2.75) is 30.5 Å². The van der Waals surface area contributed by atoms with E-state index in [2.05, 4.69) is 15.6 Å². The fourth-order valence-corrected chi connectivity index (χ4v) is 3.62. The van der Waals surface area contributed by atoms with Gasteiger partial charge in [0, 0.05) is 17.3 Å². The summed E-state index contributed by atoms with van der Waals surface area (Å²) >= 11 is 0. The molecule has 2 aromatic carbocycles. The number of aliphatic hydroxyl groups is 3. The first-order chi connectivity index (χ1) is 15.8. The summed E-state index contributed by atoms with van der Waals surface area (Å²) in [5, 5.41) is 41.1. The molecule has 4 N–H and O–H groups in total. The number of hydrogen-bond donors (Lipinski definition) is 4. The van der Waals surface area contributed by atoms with E-state index in [-0.39, 0.29) is 11.4 Å². The van der Waals surface area contributed by atoms with Gasteiger partial charge < -0.3 is 25.4 Å². The van der Waals surface area contributed by atoms with Crippen LogP contribution in [-0.4, -0.2) is 67.2 Å². The zero-order valence-electron chi connectivity index (χ0n) is 16.8. The van der Waals surface area contributed by atoms with Crippen molar-refractivity contribution in [2.75, 3.05) is 11.9 Å². The lowest BCUT2D eigenvalue weighted by Gasteiger charge is -2.41. The summed E-state index contributed by atoms with van der Waals surface area (Å²) in [5.74, 6) is -3.71. The molecule has 3 aromatic rings. The lowest BCUT2D eigenvalue weighted by molar-refractivity contribution is -0.204. The molecule has 1 aliphatic heterocycles. The minimum Gasteiger partial charge on any atom is -0.394 e. The third-order valence-corrected chi connectivity index (χ3v) is 5.27. The summed E-state index contributed by atoms with van der Waals surface area (Å²) in [6.07, 6.45) is -4.70. The van der Waals surface area contributed by atoms with Crippen LogP contribution in [0.15, 0.2) is 48.7 Å². The van der Waals surface area contributed by atoms with Crippen LogP contribution in [-0.2, 0) is 9.53 Å². The summed E-state index contributed by atoms with van der Waals surface area (Å²) in [4.78, 5) is 12.7. The fourth-order valence-electron chi connectivity index (χ4n) is 3.62. The third kappa shape index (κ3) is 4.59. The van der Waals surface area contributed by atoms with Crippen LogP contribution in [0.3, 0.4) is 0 Å². The molecule has 1 aromatic heterocycles. The minimum absolute atomic E-state index is 0.0907. The average Bonchev–Trinajstić information content (AvgIpc) is 3.26. The number of ether oxygens (including phenoxy) is 1. The molecule has 0 bridgehead atoms. The Kier molecular flexibility index (Phi) is 6.42. The summed E-state index contributed by atoms with van der Waals surface area (Å²) in [6.45, 7) is -0.690. The number of carbonyl (C=O) groups is 1. The third-order valence-electron chi connectivity index (χ3n) is 5.27. The second-order valence-electron chi connectivity index (χ2n) is 7.46. The van der Waals surface area contributed by atoms with Gasteiger partial charge in [0.2, 0.25) is 0 Å². The maximum Gasteiger partial charge on any atom is 0.256 e. The number of anilines is 1. The van der Waals surface area contributed by atoms with Crippen LogP contribution in [0.4, 0.5) is 18.9 Å². The number of aliphatic hydroxyl groups excluding tert-OH is 3. The van der Waals surface area contributed by atoms with E-state index in [1.807, 2.05) is 0 Å². The first kappa shape index (κ1) is 22.9. The smallest absolute Gasteiger partial charge is 0.256 e. The fraction of sp³-hybridized carbons (Fsp3) is 0.286. The molecule has 1 aliphatic rings. The zero-order chi connectivity index (χ0) is 23.7. The van der Waals surface area contributed by atoms with E-state index in [1.165, 1.54) is 24.4 Å². The topological polar surface area (TPSA) is 130 Å². The average molecular weight is 464 g/mol. The maximum absolute atomic E-state index is 13.5. The van der Waals surface area contributed by atoms with Crippen molar-refractivity contribution in [1.82, 2.24) is 15.0 Å². The molecule has 4 rings (SSSR count). The highest BCUT2D eigenvalue weighted by molar-refractivity contribution is 5.94.